The predicted molar refractivity (Wildman–Crippen MR) is 74.5 cm³/mol. The van der Waals surface area contributed by atoms with Crippen molar-refractivity contribution in [2.24, 2.45) is 0 Å². The van der Waals surface area contributed by atoms with Crippen LogP contribution in [0.2, 0.25) is 0 Å². The normalized spacial score (nSPS) is 10.7. The van der Waals surface area contributed by atoms with Gasteiger partial charge in [-0.1, -0.05) is 43.3 Å². The Morgan fingerprint density at radius 3 is 2.58 bits per heavy atom. The smallest absolute Gasteiger partial charge is 0.263 e. The van der Waals surface area contributed by atoms with Gasteiger partial charge in [0.1, 0.15) is 0 Å². The van der Waals surface area contributed by atoms with Crippen LogP contribution in [-0.4, -0.2) is 0 Å². The van der Waals surface area contributed by atoms with Crippen molar-refractivity contribution in [3.8, 4) is 0 Å². The first-order valence-electron chi connectivity index (χ1n) is 6.39. The van der Waals surface area contributed by atoms with Crippen LogP contribution in [0.15, 0.2) is 48.5 Å². The third-order valence-electron chi connectivity index (χ3n) is 3.08. The summed E-state index contributed by atoms with van der Waals surface area (Å²) in [6.07, 6.45) is -1.47. The van der Waals surface area contributed by atoms with Crippen molar-refractivity contribution in [2.45, 2.75) is 26.3 Å². The van der Waals surface area contributed by atoms with Crippen LogP contribution < -0.4 is 5.32 Å². The molecule has 19 heavy (non-hydrogen) atoms. The molecular weight excluding hydrogens is 244 g/mol. The molecule has 3 heteroatoms. The van der Waals surface area contributed by atoms with Crippen LogP contribution >= 0.6 is 0 Å². The maximum Gasteiger partial charge on any atom is 0.263 e. The minimum absolute atomic E-state index is 0.0723. The highest BCUT2D eigenvalue weighted by Gasteiger charge is 2.07. The average Bonchev–Trinajstić information content (AvgIpc) is 2.45. The van der Waals surface area contributed by atoms with Gasteiger partial charge >= 0.3 is 0 Å². The van der Waals surface area contributed by atoms with Crippen LogP contribution in [0, 0.1) is 0 Å². The maximum atomic E-state index is 12.6. The maximum absolute atomic E-state index is 12.6. The first-order chi connectivity index (χ1) is 9.20. The summed E-state index contributed by atoms with van der Waals surface area (Å²) in [6, 6.07) is 14.6. The van der Waals surface area contributed by atoms with Gasteiger partial charge in [-0.15, -0.1) is 0 Å². The summed E-state index contributed by atoms with van der Waals surface area (Å²) >= 11 is 0. The second-order valence-corrected chi connectivity index (χ2v) is 4.41. The molecule has 1 nitrogen and oxygen atoms in total. The third-order valence-corrected chi connectivity index (χ3v) is 3.08. The van der Waals surface area contributed by atoms with Gasteiger partial charge in [0.05, 0.1) is 0 Å². The molecule has 0 radical (unpaired) electrons. The fourth-order valence-electron chi connectivity index (χ4n) is 2.04. The lowest BCUT2D eigenvalue weighted by molar-refractivity contribution is 0.151. The summed E-state index contributed by atoms with van der Waals surface area (Å²) < 4.78 is 25.2. The van der Waals surface area contributed by atoms with E-state index in [1.165, 1.54) is 11.6 Å². The molecule has 0 saturated carbocycles. The molecule has 0 heterocycles. The summed E-state index contributed by atoms with van der Waals surface area (Å²) in [5, 5.41) is 3.30. The van der Waals surface area contributed by atoms with E-state index < -0.39 is 6.43 Å². The van der Waals surface area contributed by atoms with E-state index in [-0.39, 0.29) is 5.56 Å². The largest absolute Gasteiger partial charge is 0.381 e. The molecule has 2 aromatic carbocycles. The zero-order valence-electron chi connectivity index (χ0n) is 10.9. The molecule has 0 fully saturated rings. The van der Waals surface area contributed by atoms with E-state index in [1.54, 1.807) is 12.1 Å². The summed E-state index contributed by atoms with van der Waals surface area (Å²) in [5.41, 5.74) is 3.23. The van der Waals surface area contributed by atoms with Crippen LogP contribution in [0.25, 0.3) is 0 Å². The van der Waals surface area contributed by atoms with Crippen LogP contribution in [0.3, 0.4) is 0 Å². The molecule has 2 rings (SSSR count). The molecule has 0 atom stereocenters. The Hall–Kier alpha value is -1.90. The van der Waals surface area contributed by atoms with E-state index in [4.69, 9.17) is 0 Å². The highest BCUT2D eigenvalue weighted by atomic mass is 19.3. The van der Waals surface area contributed by atoms with Gasteiger partial charge in [0.15, 0.2) is 0 Å². The first-order valence-corrected chi connectivity index (χ1v) is 6.39. The van der Waals surface area contributed by atoms with Gasteiger partial charge in [-0.3, -0.25) is 0 Å². The monoisotopic (exact) mass is 261 g/mol. The molecular formula is C16H17F2N. The van der Waals surface area contributed by atoms with Crippen LogP contribution in [0.4, 0.5) is 14.5 Å². The number of hydrogen-bond acceptors (Lipinski definition) is 1. The van der Waals surface area contributed by atoms with Crippen LogP contribution in [-0.2, 0) is 13.0 Å². The van der Waals surface area contributed by atoms with E-state index in [2.05, 4.69) is 18.3 Å². The highest BCUT2D eigenvalue weighted by Crippen LogP contribution is 2.21. The molecule has 0 spiro atoms. The summed E-state index contributed by atoms with van der Waals surface area (Å²) in [4.78, 5) is 0. The fraction of sp³-hybridized carbons (Fsp3) is 0.250. The molecule has 1 N–H and O–H groups in total. The molecule has 100 valence electrons. The van der Waals surface area contributed by atoms with E-state index in [9.17, 15) is 8.78 Å². The molecule has 0 aliphatic carbocycles. The Labute approximate surface area is 112 Å². The Kier molecular flexibility index (Phi) is 4.50. The lowest BCUT2D eigenvalue weighted by Crippen LogP contribution is -2.02. The Balaban J connectivity index is 2.08. The molecule has 2 aromatic rings. The number of nitrogens with one attached hydrogen (secondary N) is 1. The predicted octanol–water partition coefficient (Wildman–Crippen LogP) is 4.80. The lowest BCUT2D eigenvalue weighted by Gasteiger charge is -2.11. The van der Waals surface area contributed by atoms with Crippen molar-refractivity contribution in [3.63, 3.8) is 0 Å². The lowest BCUT2D eigenvalue weighted by atomic mass is 10.1. The minimum Gasteiger partial charge on any atom is -0.381 e. The number of aryl methyl sites for hydroxylation is 1. The van der Waals surface area contributed by atoms with Crippen molar-refractivity contribution in [1.82, 2.24) is 0 Å². The highest BCUT2D eigenvalue weighted by molar-refractivity contribution is 5.51. The van der Waals surface area contributed by atoms with Crippen molar-refractivity contribution < 1.29 is 8.78 Å². The number of rotatable bonds is 5. The molecule has 0 unspecified atom stereocenters. The Morgan fingerprint density at radius 1 is 1.05 bits per heavy atom. The standard InChI is InChI=1S/C16H17F2N/c1-2-13-7-3-4-9-15(13)19-11-12-6-5-8-14(10-12)16(17)18/h3-10,16,19H,2,11H2,1H3. The van der Waals surface area contributed by atoms with E-state index in [0.717, 1.165) is 17.7 Å². The van der Waals surface area contributed by atoms with Gasteiger partial charge < -0.3 is 5.32 Å². The summed E-state index contributed by atoms with van der Waals surface area (Å²) in [7, 11) is 0. The zero-order chi connectivity index (χ0) is 13.7. The second kappa shape index (κ2) is 6.32. The van der Waals surface area contributed by atoms with Crippen LogP contribution in [0.1, 0.15) is 30.0 Å². The van der Waals surface area contributed by atoms with Crippen molar-refractivity contribution >= 4 is 5.69 Å². The van der Waals surface area contributed by atoms with E-state index in [0.29, 0.717) is 6.54 Å². The quantitative estimate of drug-likeness (QED) is 0.815. The number of para-hydroxylation sites is 1. The molecule has 0 saturated heterocycles. The van der Waals surface area contributed by atoms with Crippen molar-refractivity contribution in [2.75, 3.05) is 5.32 Å². The Bertz CT molecular complexity index is 538. The number of hydrogen-bond donors (Lipinski definition) is 1. The van der Waals surface area contributed by atoms with Crippen LogP contribution in [0.5, 0.6) is 0 Å². The van der Waals surface area contributed by atoms with E-state index in [1.807, 2.05) is 24.3 Å². The van der Waals surface area contributed by atoms with Gasteiger partial charge in [-0.05, 0) is 29.7 Å². The first kappa shape index (κ1) is 13.5. The third kappa shape index (κ3) is 3.53. The van der Waals surface area contributed by atoms with Gasteiger partial charge in [0, 0.05) is 17.8 Å². The van der Waals surface area contributed by atoms with Gasteiger partial charge in [0.2, 0.25) is 0 Å². The fourth-order valence-corrected chi connectivity index (χ4v) is 2.04. The molecule has 0 bridgehead atoms. The Morgan fingerprint density at radius 2 is 1.84 bits per heavy atom. The molecule has 0 aliphatic rings. The van der Waals surface area contributed by atoms with Crippen molar-refractivity contribution in [3.05, 3.63) is 65.2 Å². The summed E-state index contributed by atoms with van der Waals surface area (Å²) in [6.45, 7) is 2.65. The van der Waals surface area contributed by atoms with Gasteiger partial charge in [-0.2, -0.15) is 0 Å². The molecule has 0 aromatic heterocycles. The molecule has 0 amide bonds. The van der Waals surface area contributed by atoms with Crippen molar-refractivity contribution in [1.29, 1.82) is 0 Å². The molecule has 0 aliphatic heterocycles. The average molecular weight is 261 g/mol. The van der Waals surface area contributed by atoms with Gasteiger partial charge in [-0.25, -0.2) is 8.78 Å². The van der Waals surface area contributed by atoms with Gasteiger partial charge in [0.25, 0.3) is 6.43 Å². The summed E-state index contributed by atoms with van der Waals surface area (Å²) in [5.74, 6) is 0. The number of benzene rings is 2. The minimum atomic E-state index is -2.41. The number of anilines is 1. The van der Waals surface area contributed by atoms with E-state index >= 15 is 0 Å². The SMILES string of the molecule is CCc1ccccc1NCc1cccc(C(F)F)c1. The zero-order valence-corrected chi connectivity index (χ0v) is 10.9. The topological polar surface area (TPSA) is 12.0 Å². The second-order valence-electron chi connectivity index (χ2n) is 4.41. The number of halogens is 2. The number of alkyl halides is 2.